The van der Waals surface area contributed by atoms with Crippen LogP contribution < -0.4 is 5.32 Å². The van der Waals surface area contributed by atoms with Crippen LogP contribution in [0.25, 0.3) is 0 Å². The molecule has 0 aromatic rings. The summed E-state index contributed by atoms with van der Waals surface area (Å²) in [4.78, 5) is 2.68. The van der Waals surface area contributed by atoms with E-state index in [0.29, 0.717) is 17.5 Å². The summed E-state index contributed by atoms with van der Waals surface area (Å²) in [6.45, 7) is 16.7. The maximum absolute atomic E-state index is 3.56. The molecule has 1 rings (SSSR count). The molecule has 0 saturated heterocycles. The van der Waals surface area contributed by atoms with Gasteiger partial charge in [-0.3, -0.25) is 0 Å². The molecule has 114 valence electrons. The molecule has 0 spiro atoms. The average Bonchev–Trinajstić information content (AvgIpc) is 2.26. The Morgan fingerprint density at radius 2 is 1.84 bits per heavy atom. The van der Waals surface area contributed by atoms with Gasteiger partial charge in [0.05, 0.1) is 0 Å². The van der Waals surface area contributed by atoms with Crippen LogP contribution in [0.15, 0.2) is 0 Å². The summed E-state index contributed by atoms with van der Waals surface area (Å²) in [5.41, 5.74) is 0.526. The molecule has 1 N–H and O–H groups in total. The SMILES string of the molecule is CNC1CCC(C)(C)CC1CN(CC(C)C)C(C)C. The zero-order chi connectivity index (χ0) is 14.6. The van der Waals surface area contributed by atoms with E-state index in [1.807, 2.05) is 0 Å². The van der Waals surface area contributed by atoms with Gasteiger partial charge in [0.1, 0.15) is 0 Å². The number of hydrogen-bond acceptors (Lipinski definition) is 2. The van der Waals surface area contributed by atoms with Crippen molar-refractivity contribution in [2.45, 2.75) is 72.9 Å². The molecule has 0 aliphatic heterocycles. The van der Waals surface area contributed by atoms with Crippen molar-refractivity contribution in [3.05, 3.63) is 0 Å². The minimum absolute atomic E-state index is 0.526. The van der Waals surface area contributed by atoms with Crippen LogP contribution >= 0.6 is 0 Å². The Kier molecular flexibility index (Phi) is 6.32. The predicted octanol–water partition coefficient (Wildman–Crippen LogP) is 3.77. The zero-order valence-electron chi connectivity index (χ0n) is 14.3. The molecule has 1 aliphatic carbocycles. The second kappa shape index (κ2) is 7.08. The lowest BCUT2D eigenvalue weighted by Crippen LogP contribution is -2.48. The minimum atomic E-state index is 0.526. The van der Waals surface area contributed by atoms with Crippen LogP contribution in [0, 0.1) is 17.3 Å². The standard InChI is InChI=1S/C17H36N2/c1-13(2)11-19(14(3)4)12-15-10-17(5,6)9-8-16(15)18-7/h13-16,18H,8-12H2,1-7H3. The van der Waals surface area contributed by atoms with E-state index in [9.17, 15) is 0 Å². The molecule has 0 amide bonds. The van der Waals surface area contributed by atoms with E-state index in [-0.39, 0.29) is 0 Å². The van der Waals surface area contributed by atoms with Crippen molar-refractivity contribution in [3.8, 4) is 0 Å². The number of rotatable bonds is 6. The van der Waals surface area contributed by atoms with Gasteiger partial charge in [-0.15, -0.1) is 0 Å². The van der Waals surface area contributed by atoms with Gasteiger partial charge in [-0.1, -0.05) is 27.7 Å². The lowest BCUT2D eigenvalue weighted by Gasteiger charge is -2.43. The van der Waals surface area contributed by atoms with E-state index >= 15 is 0 Å². The second-order valence-electron chi connectivity index (χ2n) is 8.00. The first-order chi connectivity index (χ1) is 8.75. The van der Waals surface area contributed by atoms with Crippen LogP contribution in [0.4, 0.5) is 0 Å². The van der Waals surface area contributed by atoms with E-state index < -0.39 is 0 Å². The number of hydrogen-bond donors (Lipinski definition) is 1. The van der Waals surface area contributed by atoms with Crippen LogP contribution in [0.1, 0.15) is 60.8 Å². The largest absolute Gasteiger partial charge is 0.317 e. The predicted molar refractivity (Wildman–Crippen MR) is 85.5 cm³/mol. The molecule has 0 bridgehead atoms. The Morgan fingerprint density at radius 1 is 1.21 bits per heavy atom. The molecule has 0 radical (unpaired) electrons. The number of nitrogens with one attached hydrogen (secondary N) is 1. The van der Waals surface area contributed by atoms with Crippen LogP contribution in [-0.2, 0) is 0 Å². The van der Waals surface area contributed by atoms with Crippen molar-refractivity contribution in [2.24, 2.45) is 17.3 Å². The lowest BCUT2D eigenvalue weighted by molar-refractivity contribution is 0.0843. The lowest BCUT2D eigenvalue weighted by atomic mass is 9.69. The molecule has 2 nitrogen and oxygen atoms in total. The second-order valence-corrected chi connectivity index (χ2v) is 8.00. The fourth-order valence-electron chi connectivity index (χ4n) is 3.57. The molecule has 1 fully saturated rings. The third-order valence-electron chi connectivity index (χ3n) is 4.69. The highest BCUT2D eigenvalue weighted by Gasteiger charge is 2.35. The Hall–Kier alpha value is -0.0800. The summed E-state index contributed by atoms with van der Waals surface area (Å²) >= 11 is 0. The van der Waals surface area contributed by atoms with E-state index in [4.69, 9.17) is 0 Å². The third kappa shape index (κ3) is 5.43. The zero-order valence-corrected chi connectivity index (χ0v) is 14.3. The Morgan fingerprint density at radius 3 is 2.32 bits per heavy atom. The molecule has 19 heavy (non-hydrogen) atoms. The van der Waals surface area contributed by atoms with Gasteiger partial charge < -0.3 is 10.2 Å². The van der Waals surface area contributed by atoms with Crippen molar-refractivity contribution in [1.82, 2.24) is 10.2 Å². The Bertz CT molecular complexity index is 258. The molecule has 0 aromatic carbocycles. The van der Waals surface area contributed by atoms with E-state index in [1.54, 1.807) is 0 Å². The summed E-state index contributed by atoms with van der Waals surface area (Å²) in [5.74, 6) is 1.56. The van der Waals surface area contributed by atoms with Crippen molar-refractivity contribution < 1.29 is 0 Å². The molecule has 0 heterocycles. The summed E-state index contributed by atoms with van der Waals surface area (Å²) in [6.07, 6.45) is 4.06. The number of nitrogens with zero attached hydrogens (tertiary/aromatic N) is 1. The highest BCUT2D eigenvalue weighted by Crippen LogP contribution is 2.39. The smallest absolute Gasteiger partial charge is 0.0105 e. The van der Waals surface area contributed by atoms with Gasteiger partial charge in [-0.25, -0.2) is 0 Å². The maximum Gasteiger partial charge on any atom is 0.0105 e. The van der Waals surface area contributed by atoms with Gasteiger partial charge in [0.25, 0.3) is 0 Å². The third-order valence-corrected chi connectivity index (χ3v) is 4.69. The molecule has 1 aliphatic rings. The van der Waals surface area contributed by atoms with E-state index in [2.05, 4.69) is 58.8 Å². The van der Waals surface area contributed by atoms with Gasteiger partial charge in [0.2, 0.25) is 0 Å². The molecule has 1 saturated carbocycles. The van der Waals surface area contributed by atoms with Gasteiger partial charge in [-0.2, -0.15) is 0 Å². The van der Waals surface area contributed by atoms with Crippen molar-refractivity contribution in [1.29, 1.82) is 0 Å². The first-order valence-corrected chi connectivity index (χ1v) is 8.16. The van der Waals surface area contributed by atoms with Gasteiger partial charge in [-0.05, 0) is 57.4 Å². The molecule has 2 heteroatoms. The van der Waals surface area contributed by atoms with Gasteiger partial charge in [0.15, 0.2) is 0 Å². The first-order valence-electron chi connectivity index (χ1n) is 8.16. The highest BCUT2D eigenvalue weighted by atomic mass is 15.2. The molecular weight excluding hydrogens is 232 g/mol. The Balaban J connectivity index is 2.68. The average molecular weight is 268 g/mol. The molecule has 2 atom stereocenters. The fraction of sp³-hybridized carbons (Fsp3) is 1.00. The summed E-state index contributed by atoms with van der Waals surface area (Å²) in [5, 5.41) is 3.56. The van der Waals surface area contributed by atoms with Gasteiger partial charge >= 0.3 is 0 Å². The normalized spacial score (nSPS) is 27.5. The monoisotopic (exact) mass is 268 g/mol. The summed E-state index contributed by atoms with van der Waals surface area (Å²) in [7, 11) is 2.14. The van der Waals surface area contributed by atoms with Gasteiger partial charge in [0, 0.05) is 25.2 Å². The minimum Gasteiger partial charge on any atom is -0.317 e. The van der Waals surface area contributed by atoms with Crippen LogP contribution in [0.2, 0.25) is 0 Å². The van der Waals surface area contributed by atoms with E-state index in [1.165, 1.54) is 32.4 Å². The summed E-state index contributed by atoms with van der Waals surface area (Å²) in [6, 6.07) is 1.37. The van der Waals surface area contributed by atoms with Crippen molar-refractivity contribution in [3.63, 3.8) is 0 Å². The Labute approximate surface area is 121 Å². The quantitative estimate of drug-likeness (QED) is 0.789. The molecule has 0 aromatic heterocycles. The fourth-order valence-corrected chi connectivity index (χ4v) is 3.57. The first kappa shape index (κ1) is 17.0. The molecule has 2 unspecified atom stereocenters. The molecular formula is C17H36N2. The highest BCUT2D eigenvalue weighted by molar-refractivity contribution is 4.90. The van der Waals surface area contributed by atoms with Crippen LogP contribution in [-0.4, -0.2) is 37.1 Å². The van der Waals surface area contributed by atoms with Crippen molar-refractivity contribution in [2.75, 3.05) is 20.1 Å². The maximum atomic E-state index is 3.56. The summed E-state index contributed by atoms with van der Waals surface area (Å²) < 4.78 is 0. The van der Waals surface area contributed by atoms with Crippen molar-refractivity contribution >= 4 is 0 Å². The topological polar surface area (TPSA) is 15.3 Å². The van der Waals surface area contributed by atoms with E-state index in [0.717, 1.165) is 11.8 Å². The van der Waals surface area contributed by atoms with Crippen LogP contribution in [0.3, 0.4) is 0 Å². The van der Waals surface area contributed by atoms with Crippen LogP contribution in [0.5, 0.6) is 0 Å².